The van der Waals surface area contributed by atoms with E-state index in [-0.39, 0.29) is 0 Å². The summed E-state index contributed by atoms with van der Waals surface area (Å²) in [5.74, 6) is 0. The van der Waals surface area contributed by atoms with Gasteiger partial charge in [-0.3, -0.25) is 9.97 Å². The molecule has 18 heavy (non-hydrogen) atoms. The molecule has 0 fully saturated rings. The zero-order valence-corrected chi connectivity index (χ0v) is 9.30. The molecule has 2 aromatic rings. The van der Waals surface area contributed by atoms with Crippen LogP contribution in [0.25, 0.3) is 21.7 Å². The SMILES string of the molecule is [N-]=[N+]=N[C@@H]1c2cccnc2-c2cccnc2[C@H]1O. The van der Waals surface area contributed by atoms with Crippen LogP contribution < -0.4 is 0 Å². The molecular weight excluding hydrogens is 230 g/mol. The van der Waals surface area contributed by atoms with Crippen LogP contribution in [0.1, 0.15) is 23.4 Å². The Balaban J connectivity index is 2.31. The van der Waals surface area contributed by atoms with Gasteiger partial charge < -0.3 is 5.11 Å². The highest BCUT2D eigenvalue weighted by Crippen LogP contribution is 2.44. The minimum atomic E-state index is -0.936. The highest BCUT2D eigenvalue weighted by Gasteiger charge is 2.33. The van der Waals surface area contributed by atoms with Crippen LogP contribution in [0.5, 0.6) is 0 Å². The number of fused-ring (bicyclic) bond motifs is 3. The Morgan fingerprint density at radius 2 is 2.00 bits per heavy atom. The van der Waals surface area contributed by atoms with Crippen molar-refractivity contribution in [3.8, 4) is 11.3 Å². The summed E-state index contributed by atoms with van der Waals surface area (Å²) < 4.78 is 0. The van der Waals surface area contributed by atoms with E-state index in [1.54, 1.807) is 30.6 Å². The van der Waals surface area contributed by atoms with E-state index >= 15 is 0 Å². The van der Waals surface area contributed by atoms with E-state index in [9.17, 15) is 5.11 Å². The van der Waals surface area contributed by atoms with Crippen molar-refractivity contribution < 1.29 is 5.11 Å². The summed E-state index contributed by atoms with van der Waals surface area (Å²) >= 11 is 0. The minimum Gasteiger partial charge on any atom is -0.386 e. The highest BCUT2D eigenvalue weighted by molar-refractivity contribution is 5.69. The van der Waals surface area contributed by atoms with E-state index < -0.39 is 12.1 Å². The van der Waals surface area contributed by atoms with Crippen LogP contribution in [0.4, 0.5) is 0 Å². The average Bonchev–Trinajstić information content (AvgIpc) is 2.43. The second-order valence-electron chi connectivity index (χ2n) is 3.97. The molecule has 0 radical (unpaired) electrons. The lowest BCUT2D eigenvalue weighted by Crippen LogP contribution is -2.17. The van der Waals surface area contributed by atoms with Gasteiger partial charge in [-0.15, -0.1) is 0 Å². The molecule has 0 bridgehead atoms. The van der Waals surface area contributed by atoms with Crippen LogP contribution in [0.15, 0.2) is 41.8 Å². The third-order valence-electron chi connectivity index (χ3n) is 3.01. The van der Waals surface area contributed by atoms with E-state index in [0.717, 1.165) is 11.1 Å². The molecule has 88 valence electrons. The van der Waals surface area contributed by atoms with E-state index in [2.05, 4.69) is 20.0 Å². The van der Waals surface area contributed by atoms with Gasteiger partial charge in [-0.1, -0.05) is 11.2 Å². The zero-order valence-electron chi connectivity index (χ0n) is 9.30. The Morgan fingerprint density at radius 3 is 2.83 bits per heavy atom. The molecule has 0 saturated heterocycles. The number of nitrogens with zero attached hydrogens (tertiary/aromatic N) is 5. The summed E-state index contributed by atoms with van der Waals surface area (Å²) in [5, 5.41) is 13.9. The first-order valence-corrected chi connectivity index (χ1v) is 5.45. The monoisotopic (exact) mass is 239 g/mol. The van der Waals surface area contributed by atoms with E-state index in [4.69, 9.17) is 5.53 Å². The number of azide groups is 1. The minimum absolute atomic E-state index is 0.501. The number of aromatic nitrogens is 2. The van der Waals surface area contributed by atoms with Gasteiger partial charge in [0.15, 0.2) is 0 Å². The van der Waals surface area contributed by atoms with Crippen LogP contribution >= 0.6 is 0 Å². The molecule has 1 aliphatic rings. The Kier molecular flexibility index (Phi) is 2.44. The lowest BCUT2D eigenvalue weighted by molar-refractivity contribution is 0.141. The second-order valence-corrected chi connectivity index (χ2v) is 3.97. The molecule has 1 aliphatic carbocycles. The normalized spacial score (nSPS) is 20.5. The molecule has 1 N–H and O–H groups in total. The molecule has 3 rings (SSSR count). The Hall–Kier alpha value is -2.43. The van der Waals surface area contributed by atoms with Crippen molar-refractivity contribution in [1.29, 1.82) is 0 Å². The third-order valence-corrected chi connectivity index (χ3v) is 3.01. The summed E-state index contributed by atoms with van der Waals surface area (Å²) in [6.07, 6.45) is 2.33. The maximum absolute atomic E-state index is 10.2. The molecule has 0 spiro atoms. The molecule has 0 amide bonds. The number of hydrogen-bond donors (Lipinski definition) is 1. The second kappa shape index (κ2) is 4.10. The van der Waals surface area contributed by atoms with Crippen LogP contribution in [-0.2, 0) is 0 Å². The Morgan fingerprint density at radius 1 is 1.22 bits per heavy atom. The van der Waals surface area contributed by atoms with E-state index in [0.29, 0.717) is 11.4 Å². The van der Waals surface area contributed by atoms with Crippen molar-refractivity contribution in [3.63, 3.8) is 0 Å². The molecule has 6 heteroatoms. The standard InChI is InChI=1S/C12H9N5O/c13-17-16-11-8-4-2-5-14-9(8)7-3-1-6-15-10(7)12(11)18/h1-6,11-12,18H/t11-,12-/m1/s1. The van der Waals surface area contributed by atoms with Crippen molar-refractivity contribution in [3.05, 3.63) is 58.4 Å². The van der Waals surface area contributed by atoms with Crippen molar-refractivity contribution in [2.75, 3.05) is 0 Å². The molecule has 0 unspecified atom stereocenters. The molecule has 0 aliphatic heterocycles. The van der Waals surface area contributed by atoms with E-state index in [1.165, 1.54) is 0 Å². The highest BCUT2D eigenvalue weighted by atomic mass is 16.3. The fourth-order valence-corrected chi connectivity index (χ4v) is 2.24. The largest absolute Gasteiger partial charge is 0.386 e. The van der Waals surface area contributed by atoms with Crippen LogP contribution in [0, 0.1) is 0 Å². The summed E-state index contributed by atoms with van der Waals surface area (Å²) in [5.41, 5.74) is 11.3. The quantitative estimate of drug-likeness (QED) is 0.470. The first kappa shape index (κ1) is 10.7. The lowest BCUT2D eigenvalue weighted by Gasteiger charge is -2.27. The molecule has 2 heterocycles. The van der Waals surface area contributed by atoms with Gasteiger partial charge in [0.05, 0.1) is 17.4 Å². The van der Waals surface area contributed by atoms with Gasteiger partial charge in [-0.25, -0.2) is 0 Å². The first-order valence-electron chi connectivity index (χ1n) is 5.45. The molecule has 0 aromatic carbocycles. The number of aliphatic hydroxyl groups excluding tert-OH is 1. The lowest BCUT2D eigenvalue weighted by atomic mass is 9.87. The van der Waals surface area contributed by atoms with Gasteiger partial charge in [0, 0.05) is 22.9 Å². The summed E-state index contributed by atoms with van der Waals surface area (Å²) in [6.45, 7) is 0. The van der Waals surface area contributed by atoms with Gasteiger partial charge in [-0.2, -0.15) is 0 Å². The van der Waals surface area contributed by atoms with Gasteiger partial charge in [0.25, 0.3) is 0 Å². The van der Waals surface area contributed by atoms with Crippen LogP contribution in [0.2, 0.25) is 0 Å². The van der Waals surface area contributed by atoms with Gasteiger partial charge in [0.1, 0.15) is 6.10 Å². The zero-order chi connectivity index (χ0) is 12.5. The third kappa shape index (κ3) is 1.44. The smallest absolute Gasteiger partial charge is 0.109 e. The summed E-state index contributed by atoms with van der Waals surface area (Å²) in [4.78, 5) is 11.2. The molecule has 6 nitrogen and oxygen atoms in total. The molecule has 0 saturated carbocycles. The van der Waals surface area contributed by atoms with Crippen molar-refractivity contribution in [2.24, 2.45) is 5.11 Å². The summed E-state index contributed by atoms with van der Waals surface area (Å²) in [7, 11) is 0. The van der Waals surface area contributed by atoms with E-state index in [1.807, 2.05) is 6.07 Å². The van der Waals surface area contributed by atoms with Gasteiger partial charge in [-0.05, 0) is 29.3 Å². The average molecular weight is 239 g/mol. The summed E-state index contributed by atoms with van der Waals surface area (Å²) in [6, 6.07) is 6.52. The van der Waals surface area contributed by atoms with Crippen molar-refractivity contribution >= 4 is 0 Å². The predicted molar refractivity (Wildman–Crippen MR) is 64.3 cm³/mol. The maximum Gasteiger partial charge on any atom is 0.109 e. The Bertz CT molecular complexity index is 650. The van der Waals surface area contributed by atoms with Crippen molar-refractivity contribution in [1.82, 2.24) is 9.97 Å². The Labute approximate surface area is 103 Å². The van der Waals surface area contributed by atoms with Gasteiger partial charge in [0.2, 0.25) is 0 Å². The van der Waals surface area contributed by atoms with Crippen LogP contribution in [-0.4, -0.2) is 15.1 Å². The van der Waals surface area contributed by atoms with Gasteiger partial charge >= 0.3 is 0 Å². The number of pyridine rings is 2. The fraction of sp³-hybridized carbons (Fsp3) is 0.167. The number of rotatable bonds is 1. The first-order chi connectivity index (χ1) is 8.83. The molecular formula is C12H9N5O. The molecule has 2 aromatic heterocycles. The number of hydrogen-bond acceptors (Lipinski definition) is 4. The van der Waals surface area contributed by atoms with Crippen LogP contribution in [0.3, 0.4) is 0 Å². The number of aliphatic hydroxyl groups is 1. The maximum atomic E-state index is 10.2. The predicted octanol–water partition coefficient (Wildman–Crippen LogP) is 2.54. The topological polar surface area (TPSA) is 94.8 Å². The molecule has 2 atom stereocenters. The fourth-order valence-electron chi connectivity index (χ4n) is 2.24. The van der Waals surface area contributed by atoms with Crippen molar-refractivity contribution in [2.45, 2.75) is 12.1 Å².